The molecule has 1 aliphatic heterocycles. The molecule has 1 amide bonds. The van der Waals surface area contributed by atoms with Gasteiger partial charge in [0.2, 0.25) is 0 Å². The van der Waals surface area contributed by atoms with Crippen LogP contribution in [0.15, 0.2) is 48.5 Å². The first kappa shape index (κ1) is 18.0. The quantitative estimate of drug-likeness (QED) is 0.900. The van der Waals surface area contributed by atoms with E-state index in [1.165, 1.54) is 22.3 Å². The molecule has 2 aromatic carbocycles. The summed E-state index contributed by atoms with van der Waals surface area (Å²) in [6, 6.07) is 16.6. The Labute approximate surface area is 159 Å². The van der Waals surface area contributed by atoms with E-state index in [1.807, 2.05) is 31.2 Å². The van der Waals surface area contributed by atoms with Crippen molar-refractivity contribution in [2.45, 2.75) is 24.9 Å². The number of morpholine rings is 1. The van der Waals surface area contributed by atoms with E-state index < -0.39 is 5.60 Å². The summed E-state index contributed by atoms with van der Waals surface area (Å²) in [6.45, 7) is 3.69. The second-order valence-corrected chi connectivity index (χ2v) is 7.50. The van der Waals surface area contributed by atoms with Gasteiger partial charge >= 0.3 is 6.09 Å². The van der Waals surface area contributed by atoms with Gasteiger partial charge in [-0.05, 0) is 29.2 Å². The minimum absolute atomic E-state index is 0.0367. The fourth-order valence-corrected chi connectivity index (χ4v) is 4.16. The van der Waals surface area contributed by atoms with Gasteiger partial charge in [0.15, 0.2) is 0 Å². The predicted octanol–water partition coefficient (Wildman–Crippen LogP) is 3.41. The van der Waals surface area contributed by atoms with Gasteiger partial charge in [-0.1, -0.05) is 48.5 Å². The Balaban J connectivity index is 1.47. The van der Waals surface area contributed by atoms with Crippen LogP contribution in [0.5, 0.6) is 0 Å². The molecule has 0 spiro atoms. The number of amides is 1. The molecule has 5 heteroatoms. The van der Waals surface area contributed by atoms with Gasteiger partial charge < -0.3 is 19.5 Å². The van der Waals surface area contributed by atoms with Crippen molar-refractivity contribution >= 4 is 6.09 Å². The Kier molecular flexibility index (Phi) is 4.89. The van der Waals surface area contributed by atoms with Crippen LogP contribution in [-0.4, -0.2) is 54.6 Å². The Morgan fingerprint density at radius 2 is 1.81 bits per heavy atom. The fourth-order valence-electron chi connectivity index (χ4n) is 4.16. The molecule has 1 unspecified atom stereocenters. The molecule has 27 heavy (non-hydrogen) atoms. The van der Waals surface area contributed by atoms with E-state index in [9.17, 15) is 9.90 Å². The summed E-state index contributed by atoms with van der Waals surface area (Å²) in [5.74, 6) is 0.0613. The maximum absolute atomic E-state index is 12.7. The molecule has 5 nitrogen and oxygen atoms in total. The van der Waals surface area contributed by atoms with Crippen LogP contribution in [0.4, 0.5) is 4.79 Å². The monoisotopic (exact) mass is 367 g/mol. The van der Waals surface area contributed by atoms with Crippen LogP contribution >= 0.6 is 0 Å². The first-order chi connectivity index (χ1) is 13.1. The molecule has 1 N–H and O–H groups in total. The topological polar surface area (TPSA) is 59.0 Å². The highest BCUT2D eigenvalue weighted by Gasteiger charge is 2.35. The maximum Gasteiger partial charge on any atom is 0.409 e. The van der Waals surface area contributed by atoms with Crippen molar-refractivity contribution in [3.63, 3.8) is 0 Å². The molecular formula is C22H25NO4. The summed E-state index contributed by atoms with van der Waals surface area (Å²) < 4.78 is 11.5. The molecule has 142 valence electrons. The molecule has 0 aromatic heterocycles. The van der Waals surface area contributed by atoms with E-state index in [0.717, 1.165) is 0 Å². The molecule has 1 atom stereocenters. The molecule has 2 aliphatic rings. The zero-order valence-electron chi connectivity index (χ0n) is 15.6. The molecule has 0 saturated carbocycles. The van der Waals surface area contributed by atoms with Crippen LogP contribution < -0.4 is 0 Å². The number of nitrogens with zero attached hydrogens (tertiary/aromatic N) is 1. The van der Waals surface area contributed by atoms with Crippen molar-refractivity contribution in [3.8, 4) is 11.1 Å². The molecule has 0 bridgehead atoms. The number of hydrogen-bond donors (Lipinski definition) is 1. The van der Waals surface area contributed by atoms with Crippen molar-refractivity contribution in [1.82, 2.24) is 4.90 Å². The third kappa shape index (κ3) is 3.45. The molecular weight excluding hydrogens is 342 g/mol. The number of fused-ring (bicyclic) bond motifs is 3. The average molecular weight is 367 g/mol. The van der Waals surface area contributed by atoms with Crippen LogP contribution in [0.3, 0.4) is 0 Å². The summed E-state index contributed by atoms with van der Waals surface area (Å²) in [6.07, 6.45) is 0.185. The Hall–Kier alpha value is -2.37. The summed E-state index contributed by atoms with van der Waals surface area (Å²) in [7, 11) is 0. The average Bonchev–Trinajstić information content (AvgIpc) is 3.00. The van der Waals surface area contributed by atoms with Gasteiger partial charge in [0.25, 0.3) is 0 Å². The number of hydrogen-bond acceptors (Lipinski definition) is 4. The highest BCUT2D eigenvalue weighted by atomic mass is 16.6. The molecule has 0 radical (unpaired) electrons. The molecule has 1 aliphatic carbocycles. The number of ether oxygens (including phenoxy) is 2. The normalized spacial score (nSPS) is 21.6. The van der Waals surface area contributed by atoms with E-state index in [4.69, 9.17) is 9.47 Å². The maximum atomic E-state index is 12.7. The van der Waals surface area contributed by atoms with Crippen molar-refractivity contribution in [2.24, 2.45) is 0 Å². The molecule has 1 saturated heterocycles. The SMILES string of the molecule is CC1(CCO)CN(C(=O)OCC2c3ccccc3-c3ccccc32)CCO1. The summed E-state index contributed by atoms with van der Waals surface area (Å²) >= 11 is 0. The number of carbonyl (C=O) groups excluding carboxylic acids is 1. The van der Waals surface area contributed by atoms with Gasteiger partial charge in [0.05, 0.1) is 18.8 Å². The standard InChI is InChI=1S/C22H25NO4/c1-22(10-12-24)15-23(11-13-27-22)21(25)26-14-20-18-8-4-2-6-16(18)17-7-3-5-9-19(17)20/h2-9,20,24H,10-15H2,1H3. The summed E-state index contributed by atoms with van der Waals surface area (Å²) in [5, 5.41) is 9.23. The van der Waals surface area contributed by atoms with Crippen LogP contribution in [0.25, 0.3) is 11.1 Å². The highest BCUT2D eigenvalue weighted by molar-refractivity contribution is 5.79. The number of aliphatic hydroxyl groups excluding tert-OH is 1. The first-order valence-electron chi connectivity index (χ1n) is 9.46. The Morgan fingerprint density at radius 1 is 1.19 bits per heavy atom. The van der Waals surface area contributed by atoms with E-state index in [0.29, 0.717) is 32.7 Å². The van der Waals surface area contributed by atoms with Gasteiger partial charge in [-0.25, -0.2) is 4.79 Å². The van der Waals surface area contributed by atoms with Crippen molar-refractivity contribution in [3.05, 3.63) is 59.7 Å². The van der Waals surface area contributed by atoms with Crippen LogP contribution in [0.1, 0.15) is 30.4 Å². The van der Waals surface area contributed by atoms with Crippen LogP contribution in [0, 0.1) is 0 Å². The number of rotatable bonds is 4. The molecule has 2 aromatic rings. The smallest absolute Gasteiger partial charge is 0.409 e. The molecule has 1 fully saturated rings. The number of carbonyl (C=O) groups is 1. The second kappa shape index (κ2) is 7.33. The minimum atomic E-state index is -0.515. The lowest BCUT2D eigenvalue weighted by Gasteiger charge is -2.39. The van der Waals surface area contributed by atoms with E-state index in [-0.39, 0.29) is 18.6 Å². The highest BCUT2D eigenvalue weighted by Crippen LogP contribution is 2.44. The van der Waals surface area contributed by atoms with Crippen molar-refractivity contribution in [2.75, 3.05) is 32.9 Å². The Morgan fingerprint density at radius 3 is 2.44 bits per heavy atom. The third-order valence-electron chi connectivity index (χ3n) is 5.57. The van der Waals surface area contributed by atoms with E-state index in [1.54, 1.807) is 4.90 Å². The zero-order chi connectivity index (χ0) is 18.9. The Bertz CT molecular complexity index is 787. The van der Waals surface area contributed by atoms with Gasteiger partial charge in [-0.3, -0.25) is 0 Å². The number of aliphatic hydroxyl groups is 1. The molecule has 1 heterocycles. The van der Waals surface area contributed by atoms with Gasteiger partial charge in [0.1, 0.15) is 6.61 Å². The van der Waals surface area contributed by atoms with Gasteiger partial charge in [0, 0.05) is 25.5 Å². The van der Waals surface area contributed by atoms with Crippen molar-refractivity contribution in [1.29, 1.82) is 0 Å². The van der Waals surface area contributed by atoms with E-state index in [2.05, 4.69) is 24.3 Å². The summed E-state index contributed by atoms with van der Waals surface area (Å²) in [4.78, 5) is 14.3. The second-order valence-electron chi connectivity index (χ2n) is 7.50. The predicted molar refractivity (Wildman–Crippen MR) is 103 cm³/mol. The van der Waals surface area contributed by atoms with Crippen molar-refractivity contribution < 1.29 is 19.4 Å². The largest absolute Gasteiger partial charge is 0.448 e. The lowest BCUT2D eigenvalue weighted by Crippen LogP contribution is -2.52. The lowest BCUT2D eigenvalue weighted by atomic mass is 9.98. The first-order valence-corrected chi connectivity index (χ1v) is 9.46. The fraction of sp³-hybridized carbons (Fsp3) is 0.409. The molecule has 4 rings (SSSR count). The van der Waals surface area contributed by atoms with E-state index >= 15 is 0 Å². The van der Waals surface area contributed by atoms with Crippen LogP contribution in [0.2, 0.25) is 0 Å². The zero-order valence-corrected chi connectivity index (χ0v) is 15.6. The van der Waals surface area contributed by atoms with Gasteiger partial charge in [-0.15, -0.1) is 0 Å². The third-order valence-corrected chi connectivity index (χ3v) is 5.57. The number of benzene rings is 2. The van der Waals surface area contributed by atoms with Crippen LogP contribution in [-0.2, 0) is 9.47 Å². The minimum Gasteiger partial charge on any atom is -0.448 e. The lowest BCUT2D eigenvalue weighted by molar-refractivity contribution is -0.102. The van der Waals surface area contributed by atoms with Gasteiger partial charge in [-0.2, -0.15) is 0 Å². The summed E-state index contributed by atoms with van der Waals surface area (Å²) in [5.41, 5.74) is 4.34.